The number of ether oxygens (including phenoxy) is 16. The quantitative estimate of drug-likeness (QED) is 0.0186. The minimum absolute atomic E-state index is 0.00937. The van der Waals surface area contributed by atoms with E-state index >= 15 is 0 Å². The number of benzene rings is 7. The third-order valence-corrected chi connectivity index (χ3v) is 21.8. The van der Waals surface area contributed by atoms with E-state index in [2.05, 4.69) is 0 Å². The first-order valence-electron chi connectivity index (χ1n) is 45.4. The Labute approximate surface area is 785 Å². The molecule has 7 fully saturated rings. The third kappa shape index (κ3) is 45.0. The summed E-state index contributed by atoms with van der Waals surface area (Å²) in [7, 11) is 0. The van der Waals surface area contributed by atoms with Crippen LogP contribution in [0.25, 0.3) is 0 Å². The van der Waals surface area contributed by atoms with Crippen LogP contribution in [0.3, 0.4) is 0 Å². The van der Waals surface area contributed by atoms with E-state index in [1.807, 2.05) is 121 Å². The first-order chi connectivity index (χ1) is 65.0. The van der Waals surface area contributed by atoms with Crippen LogP contribution in [0.4, 0.5) is 0 Å². The number of hydrogen-bond donors (Lipinski definition) is 14. The molecule has 0 saturated carbocycles. The van der Waals surface area contributed by atoms with Crippen molar-refractivity contribution in [2.24, 2.45) is 40.1 Å². The van der Waals surface area contributed by atoms with Crippen LogP contribution in [-0.2, 0) is 177 Å². The number of aliphatic carboxylic acids is 7. The van der Waals surface area contributed by atoms with E-state index in [4.69, 9.17) is 152 Å². The average molecular weight is 1890 g/mol. The average Bonchev–Trinajstić information content (AvgIpc) is 1.81. The topological polar surface area (TPSA) is 591 Å². The van der Waals surface area contributed by atoms with Gasteiger partial charge in [0.15, 0.2) is 44.0 Å². The summed E-state index contributed by atoms with van der Waals surface area (Å²) >= 11 is 0. The summed E-state index contributed by atoms with van der Waals surface area (Å²) in [5.41, 5.74) is 50.8. The second kappa shape index (κ2) is 61.6. The Kier molecular flexibility index (Phi) is 50.2. The highest BCUT2D eigenvalue weighted by molar-refractivity contribution is 5.76. The van der Waals surface area contributed by atoms with Crippen LogP contribution in [0.5, 0.6) is 11.5 Å². The van der Waals surface area contributed by atoms with Crippen molar-refractivity contribution in [1.29, 1.82) is 0 Å². The van der Waals surface area contributed by atoms with Gasteiger partial charge in [-0.25, -0.2) is 0 Å². The molecule has 0 spiro atoms. The van der Waals surface area contributed by atoms with Crippen molar-refractivity contribution in [1.82, 2.24) is 0 Å². The van der Waals surface area contributed by atoms with E-state index in [-0.39, 0.29) is 44.0 Å². The van der Waals surface area contributed by atoms with E-state index in [9.17, 15) is 33.6 Å². The molecule has 7 aromatic carbocycles. The van der Waals surface area contributed by atoms with E-state index < -0.39 is 84.1 Å². The molecule has 7 aliphatic heterocycles. The predicted molar refractivity (Wildman–Crippen MR) is 492 cm³/mol. The minimum atomic E-state index is -1.00. The van der Waals surface area contributed by atoms with E-state index in [1.54, 1.807) is 48.5 Å². The van der Waals surface area contributed by atoms with Crippen molar-refractivity contribution in [2.45, 2.75) is 208 Å². The molecule has 0 radical (unpaired) electrons. The largest absolute Gasteiger partial charge is 0.488 e. The Hall–Kier alpha value is -10.4. The lowest BCUT2D eigenvalue weighted by molar-refractivity contribution is -0.139. The van der Waals surface area contributed by atoms with Gasteiger partial charge in [0.25, 0.3) is 0 Å². The van der Waals surface area contributed by atoms with Gasteiger partial charge in [0, 0.05) is 19.3 Å². The maximum absolute atomic E-state index is 10.7. The highest BCUT2D eigenvalue weighted by Crippen LogP contribution is 2.23. The summed E-state index contributed by atoms with van der Waals surface area (Å²) in [6.07, 6.45) is 12.6. The molecule has 7 unspecified atom stereocenters. The van der Waals surface area contributed by atoms with Crippen molar-refractivity contribution >= 4 is 41.8 Å². The van der Waals surface area contributed by atoms with Gasteiger partial charge in [-0.1, -0.05) is 146 Å². The summed E-state index contributed by atoms with van der Waals surface area (Å²) < 4.78 is 85.8. The molecule has 14 rings (SSSR count). The van der Waals surface area contributed by atoms with Gasteiger partial charge in [0.05, 0.1) is 92.5 Å². The summed E-state index contributed by atoms with van der Waals surface area (Å²) in [6, 6.07) is 47.7. The van der Waals surface area contributed by atoms with Crippen LogP contribution in [0.15, 0.2) is 170 Å². The van der Waals surface area contributed by atoms with Crippen molar-refractivity contribution in [3.05, 3.63) is 237 Å². The monoisotopic (exact) mass is 1890 g/mol. The second-order valence-corrected chi connectivity index (χ2v) is 32.7. The number of carboxylic acid groups (broad SMARTS) is 7. The molecule has 21 N–H and O–H groups in total. The van der Waals surface area contributed by atoms with Crippen LogP contribution in [-0.4, -0.2) is 270 Å². The molecule has 7 aromatic rings. The fourth-order valence-corrected chi connectivity index (χ4v) is 14.0. The highest BCUT2D eigenvalue weighted by atomic mass is 16.8. The zero-order valence-electron chi connectivity index (χ0n) is 76.1. The van der Waals surface area contributed by atoms with Crippen LogP contribution in [0.2, 0.25) is 0 Å². The number of rotatable bonds is 44. The van der Waals surface area contributed by atoms with Gasteiger partial charge < -0.3 is 152 Å². The van der Waals surface area contributed by atoms with Crippen LogP contribution < -0.4 is 49.6 Å². The molecule has 37 nitrogen and oxygen atoms in total. The molecular formula is C98H133N7O30. The van der Waals surface area contributed by atoms with Gasteiger partial charge in [0.2, 0.25) is 0 Å². The number of aryl methyl sites for hydroxylation is 4. The SMILES string of the molecule is NC(Cc1ccc(CC2OCCO2)cc1)C(=O)O.NC(Cc1ccc(CCC2OCCO2)cc1)C(=O)O.NC(Cc1ccc(CCC2OCCO2)cc1)C(=O)O.NC(Cc1ccc(CCCC2OCCO2)cc1)C(=O)O.NC(Cc1ccc(CCCCC2OCCO2)cc1)C(=O)O.NC(Cc1ccc(OCC2OCCO2)cc1)C(=O)O.NC(Cc1ccc(OCC2OCCO2)cc1)C(=O)O. The lowest BCUT2D eigenvalue weighted by atomic mass is 10.0. The zero-order chi connectivity index (χ0) is 97.1. The van der Waals surface area contributed by atoms with Gasteiger partial charge in [-0.2, -0.15) is 0 Å². The van der Waals surface area contributed by atoms with E-state index in [0.29, 0.717) is 169 Å². The normalized spacial score (nSPS) is 17.4. The fourth-order valence-electron chi connectivity index (χ4n) is 14.0. The molecule has 7 saturated heterocycles. The molecule has 37 heteroatoms. The van der Waals surface area contributed by atoms with Gasteiger partial charge in [-0.15, -0.1) is 0 Å². The van der Waals surface area contributed by atoms with E-state index in [0.717, 1.165) is 115 Å². The Bertz CT molecular complexity index is 4200. The Morgan fingerprint density at radius 3 is 0.637 bits per heavy atom. The summed E-state index contributed by atoms with van der Waals surface area (Å²) in [4.78, 5) is 74.7. The maximum atomic E-state index is 10.7. The molecule has 7 atom stereocenters. The number of carbonyl (C=O) groups is 7. The highest BCUT2D eigenvalue weighted by Gasteiger charge is 2.25. The molecule has 0 aliphatic carbocycles. The molecule has 0 bridgehead atoms. The van der Waals surface area contributed by atoms with Gasteiger partial charge >= 0.3 is 41.8 Å². The number of carboxylic acids is 7. The van der Waals surface area contributed by atoms with Crippen molar-refractivity contribution < 1.29 is 145 Å². The van der Waals surface area contributed by atoms with Crippen molar-refractivity contribution in [3.63, 3.8) is 0 Å². The lowest BCUT2D eigenvalue weighted by Gasteiger charge is -2.12. The predicted octanol–water partition coefficient (Wildman–Crippen LogP) is 6.30. The molecule has 135 heavy (non-hydrogen) atoms. The lowest BCUT2D eigenvalue weighted by Crippen LogP contribution is -2.32. The second-order valence-electron chi connectivity index (χ2n) is 32.7. The fraction of sp³-hybridized carbons (Fsp3) is 0.500. The van der Waals surface area contributed by atoms with Gasteiger partial charge in [-0.05, 0) is 194 Å². The van der Waals surface area contributed by atoms with Crippen molar-refractivity contribution in [3.8, 4) is 11.5 Å². The van der Waals surface area contributed by atoms with Crippen LogP contribution in [0, 0.1) is 0 Å². The molecular weight excluding hydrogens is 1760 g/mol. The molecule has 7 aliphatic rings. The summed E-state index contributed by atoms with van der Waals surface area (Å²) in [5, 5.41) is 61.2. The van der Waals surface area contributed by atoms with Crippen LogP contribution in [0.1, 0.15) is 112 Å². The first-order valence-corrected chi connectivity index (χ1v) is 45.4. The van der Waals surface area contributed by atoms with Gasteiger partial charge in [-0.3, -0.25) is 33.6 Å². The number of unbranched alkanes of at least 4 members (excludes halogenated alkanes) is 1. The Morgan fingerprint density at radius 1 is 0.222 bits per heavy atom. The summed E-state index contributed by atoms with van der Waals surface area (Å²) in [6.45, 7) is 9.90. The number of nitrogens with two attached hydrogens (primary N) is 7. The number of hydrogen-bond acceptors (Lipinski definition) is 30. The maximum Gasteiger partial charge on any atom is 0.320 e. The third-order valence-electron chi connectivity index (χ3n) is 21.8. The standard InChI is InChI=1S/C16H23NO4.C15H21NO4.2C14H19NO4.2C13H17NO5.C13H17NO4/c17-14(16(18)19)11-13-7-5-12(6-8-13)3-1-2-4-15-20-9-10-21-15;16-13(15(17)18)10-12-6-4-11(5-7-12)2-1-3-14-19-8-9-20-14;2*15-12(14(16)17)9-11-3-1-10(2-4-11)5-6-13-18-7-8-19-13;2*14-11(13(15)16)7-9-1-3-10(4-2-9)19-8-12-17-5-6-18-12;14-11(13(15)16)7-9-1-3-10(4-2-9)8-12-17-5-6-18-12/h5-8,14-15H,1-4,9-11,17H2,(H,18,19);4-7,13-14H,1-3,8-10,16H2,(H,17,18);2*1-4,12-13H,5-9,15H2,(H,16,17);2*1-4,11-12H,5-8,14H2,(H,15,16);1-4,11-12H,5-8,14H2,(H,15,16). The smallest absolute Gasteiger partial charge is 0.320 e. The molecule has 7 heterocycles. The molecule has 0 aromatic heterocycles. The van der Waals surface area contributed by atoms with E-state index in [1.165, 1.54) is 22.3 Å². The van der Waals surface area contributed by atoms with Crippen LogP contribution >= 0.6 is 0 Å². The van der Waals surface area contributed by atoms with Crippen molar-refractivity contribution in [2.75, 3.05) is 106 Å². The Balaban J connectivity index is 0.000000194. The minimum Gasteiger partial charge on any atom is -0.488 e. The van der Waals surface area contributed by atoms with Gasteiger partial charge in [0.1, 0.15) is 67.0 Å². The Morgan fingerprint density at radius 2 is 0.400 bits per heavy atom. The summed E-state index contributed by atoms with van der Waals surface area (Å²) in [5.74, 6) is -5.49. The first kappa shape index (κ1) is 110. The molecule has 740 valence electrons. The zero-order valence-corrected chi connectivity index (χ0v) is 76.1. The molecule has 0 amide bonds.